The number of ether oxygens (including phenoxy) is 2. The molecule has 2 aliphatic rings. The summed E-state index contributed by atoms with van der Waals surface area (Å²) in [5.41, 5.74) is 2.44. The van der Waals surface area contributed by atoms with Crippen molar-refractivity contribution in [2.24, 2.45) is 7.05 Å². The molecule has 2 fully saturated rings. The third-order valence-electron chi connectivity index (χ3n) is 6.80. The predicted molar refractivity (Wildman–Crippen MR) is 143 cm³/mol. The molecule has 1 atom stereocenters. The molecule has 0 radical (unpaired) electrons. The first-order valence-corrected chi connectivity index (χ1v) is 13.0. The van der Waals surface area contributed by atoms with Crippen molar-refractivity contribution < 1.29 is 19.1 Å². The molecule has 10 nitrogen and oxygen atoms in total. The van der Waals surface area contributed by atoms with Gasteiger partial charge in [-0.05, 0) is 35.4 Å². The second-order valence-electron chi connectivity index (χ2n) is 9.59. The van der Waals surface area contributed by atoms with Gasteiger partial charge < -0.3 is 20.1 Å². The van der Waals surface area contributed by atoms with Crippen molar-refractivity contribution >= 4 is 40.1 Å². The SMILES string of the molecule is Cn1nc(C(=O)NCc2ccc(Cl)cc2)c(=O)c2cc(CN3CCOCC3)cc(NC3CCOC(=O)C3)c21. The topological polar surface area (TPSA) is 115 Å². The molecule has 11 heteroatoms. The maximum atomic E-state index is 13.6. The van der Waals surface area contributed by atoms with Crippen LogP contribution in [-0.2, 0) is 34.4 Å². The monoisotopic (exact) mass is 539 g/mol. The molecule has 2 N–H and O–H groups in total. The van der Waals surface area contributed by atoms with E-state index >= 15 is 0 Å². The van der Waals surface area contributed by atoms with Gasteiger partial charge in [0, 0.05) is 50.7 Å². The standard InChI is InChI=1S/C27H30ClN5O5/c1-32-25-21(26(35)24(31-32)27(36)29-15-17-2-4-19(28)5-3-17)12-18(16-33-7-10-37-11-8-33)13-22(25)30-20-6-9-38-23(34)14-20/h2-5,12-13,20,30H,6-11,14-16H2,1H3,(H,29,36). The lowest BCUT2D eigenvalue weighted by Crippen LogP contribution is -2.36. The molecule has 1 unspecified atom stereocenters. The number of nitrogens with one attached hydrogen (secondary N) is 2. The summed E-state index contributed by atoms with van der Waals surface area (Å²) in [6.45, 7) is 4.12. The highest BCUT2D eigenvalue weighted by atomic mass is 35.5. The third kappa shape index (κ3) is 5.98. The first-order chi connectivity index (χ1) is 18.4. The third-order valence-corrected chi connectivity index (χ3v) is 7.05. The van der Waals surface area contributed by atoms with Crippen molar-refractivity contribution in [3.05, 3.63) is 68.5 Å². The number of benzene rings is 2. The Labute approximate surface area is 224 Å². The highest BCUT2D eigenvalue weighted by Gasteiger charge is 2.24. The van der Waals surface area contributed by atoms with Crippen LogP contribution >= 0.6 is 11.6 Å². The van der Waals surface area contributed by atoms with Gasteiger partial charge in [0.25, 0.3) is 5.91 Å². The quantitative estimate of drug-likeness (QED) is 0.440. The maximum Gasteiger partial charge on any atom is 0.307 e. The number of fused-ring (bicyclic) bond motifs is 1. The van der Waals surface area contributed by atoms with Crippen molar-refractivity contribution in [3.8, 4) is 0 Å². The van der Waals surface area contributed by atoms with E-state index < -0.39 is 11.3 Å². The molecule has 1 aromatic heterocycles. The van der Waals surface area contributed by atoms with E-state index in [1.54, 1.807) is 23.9 Å². The average Bonchev–Trinajstić information content (AvgIpc) is 2.90. The number of amides is 1. The zero-order chi connectivity index (χ0) is 26.6. The Bertz CT molecular complexity index is 1400. The Balaban J connectivity index is 1.49. The number of anilines is 1. The van der Waals surface area contributed by atoms with Crippen LogP contribution < -0.4 is 16.1 Å². The molecule has 1 amide bonds. The first-order valence-electron chi connectivity index (χ1n) is 12.7. The van der Waals surface area contributed by atoms with Crippen molar-refractivity contribution in [1.29, 1.82) is 0 Å². The lowest BCUT2D eigenvalue weighted by Gasteiger charge is -2.28. The summed E-state index contributed by atoms with van der Waals surface area (Å²) in [6, 6.07) is 10.8. The molecule has 3 heterocycles. The minimum atomic E-state index is -0.550. The summed E-state index contributed by atoms with van der Waals surface area (Å²) in [4.78, 5) is 40.8. The molecule has 0 aliphatic carbocycles. The van der Waals surface area contributed by atoms with Crippen molar-refractivity contribution in [2.45, 2.75) is 32.0 Å². The van der Waals surface area contributed by atoms with E-state index in [9.17, 15) is 14.4 Å². The number of cyclic esters (lactones) is 1. The van der Waals surface area contributed by atoms with Crippen molar-refractivity contribution in [3.63, 3.8) is 0 Å². The van der Waals surface area contributed by atoms with E-state index in [0.29, 0.717) is 54.4 Å². The van der Waals surface area contributed by atoms with Crippen LogP contribution in [0, 0.1) is 0 Å². The van der Waals surface area contributed by atoms with Crippen molar-refractivity contribution in [2.75, 3.05) is 38.2 Å². The van der Waals surface area contributed by atoms with E-state index in [4.69, 9.17) is 21.1 Å². The largest absolute Gasteiger partial charge is 0.466 e. The van der Waals surface area contributed by atoms with Gasteiger partial charge in [-0.3, -0.25) is 24.0 Å². The highest BCUT2D eigenvalue weighted by molar-refractivity contribution is 6.30. The Kier molecular flexibility index (Phi) is 7.92. The lowest BCUT2D eigenvalue weighted by molar-refractivity contribution is -0.147. The number of halogens is 1. The van der Waals surface area contributed by atoms with Crippen LogP contribution in [0.1, 0.15) is 34.5 Å². The number of carbonyl (C=O) groups excluding carboxylic acids is 2. The number of carbonyl (C=O) groups is 2. The van der Waals surface area contributed by atoms with E-state index in [2.05, 4.69) is 20.6 Å². The average molecular weight is 540 g/mol. The summed E-state index contributed by atoms with van der Waals surface area (Å²) in [7, 11) is 1.71. The number of esters is 1. The summed E-state index contributed by atoms with van der Waals surface area (Å²) in [6.07, 6.45) is 0.898. The van der Waals surface area contributed by atoms with Gasteiger partial charge in [0.15, 0.2) is 5.69 Å². The smallest absolute Gasteiger partial charge is 0.307 e. The van der Waals surface area contributed by atoms with Crippen LogP contribution in [0.3, 0.4) is 0 Å². The number of morpholine rings is 1. The Morgan fingerprint density at radius 2 is 1.87 bits per heavy atom. The molecule has 3 aromatic rings. The molecular weight excluding hydrogens is 510 g/mol. The van der Waals surface area contributed by atoms with Crippen molar-refractivity contribution in [1.82, 2.24) is 20.0 Å². The highest BCUT2D eigenvalue weighted by Crippen LogP contribution is 2.27. The van der Waals surface area contributed by atoms with Gasteiger partial charge >= 0.3 is 5.97 Å². The minimum absolute atomic E-state index is 0.129. The molecule has 0 saturated carbocycles. The number of aromatic nitrogens is 2. The van der Waals surface area contributed by atoms with Crippen LogP contribution in [0.15, 0.2) is 41.2 Å². The number of aryl methyl sites for hydroxylation is 1. The number of hydrogen-bond acceptors (Lipinski definition) is 8. The van der Waals surface area contributed by atoms with Crippen LogP contribution in [0.5, 0.6) is 0 Å². The minimum Gasteiger partial charge on any atom is -0.466 e. The van der Waals surface area contributed by atoms with Gasteiger partial charge in [-0.25, -0.2) is 0 Å². The van der Waals surface area contributed by atoms with E-state index in [0.717, 1.165) is 24.2 Å². The second-order valence-corrected chi connectivity index (χ2v) is 10.0. The summed E-state index contributed by atoms with van der Waals surface area (Å²) in [5.74, 6) is -0.806. The molecule has 2 aliphatic heterocycles. The summed E-state index contributed by atoms with van der Waals surface area (Å²) < 4.78 is 12.1. The van der Waals surface area contributed by atoms with Crippen LogP contribution in [0.4, 0.5) is 5.69 Å². The fourth-order valence-electron chi connectivity index (χ4n) is 4.84. The number of rotatable bonds is 7. The van der Waals surface area contributed by atoms with E-state index in [1.807, 2.05) is 24.3 Å². The van der Waals surface area contributed by atoms with Crippen LogP contribution in [0.2, 0.25) is 5.02 Å². The molecule has 38 heavy (non-hydrogen) atoms. The van der Waals surface area contributed by atoms with E-state index in [1.165, 1.54) is 0 Å². The zero-order valence-corrected chi connectivity index (χ0v) is 21.9. The Morgan fingerprint density at radius 3 is 2.61 bits per heavy atom. The van der Waals surface area contributed by atoms with Gasteiger partial charge in [0.05, 0.1) is 42.8 Å². The second kappa shape index (κ2) is 11.5. The fourth-order valence-corrected chi connectivity index (χ4v) is 4.97. The molecule has 0 spiro atoms. The normalized spacial score (nSPS) is 18.3. The van der Waals surface area contributed by atoms with Gasteiger partial charge in [0.1, 0.15) is 0 Å². The molecule has 5 rings (SSSR count). The maximum absolute atomic E-state index is 13.6. The van der Waals surface area contributed by atoms with Gasteiger partial charge in [-0.15, -0.1) is 0 Å². The summed E-state index contributed by atoms with van der Waals surface area (Å²) >= 11 is 5.94. The molecule has 200 valence electrons. The Hall–Kier alpha value is -3.47. The molecule has 2 aromatic carbocycles. The Morgan fingerprint density at radius 1 is 1.11 bits per heavy atom. The first kappa shape index (κ1) is 26.1. The number of nitrogens with zero attached hydrogens (tertiary/aromatic N) is 3. The number of hydrogen-bond donors (Lipinski definition) is 2. The predicted octanol–water partition coefficient (Wildman–Crippen LogP) is 2.47. The van der Waals surface area contributed by atoms with E-state index in [-0.39, 0.29) is 30.7 Å². The molecular formula is C27H30ClN5O5. The summed E-state index contributed by atoms with van der Waals surface area (Å²) in [5, 5.41) is 11.6. The van der Waals surface area contributed by atoms with Gasteiger partial charge in [-0.2, -0.15) is 5.10 Å². The van der Waals surface area contributed by atoms with Crippen LogP contribution in [-0.4, -0.2) is 65.5 Å². The van der Waals surface area contributed by atoms with Gasteiger partial charge in [0.2, 0.25) is 5.43 Å². The molecule has 2 saturated heterocycles. The van der Waals surface area contributed by atoms with Crippen LogP contribution in [0.25, 0.3) is 10.9 Å². The molecule has 0 bridgehead atoms. The van der Waals surface area contributed by atoms with Gasteiger partial charge in [-0.1, -0.05) is 23.7 Å². The fraction of sp³-hybridized carbons (Fsp3) is 0.407. The lowest BCUT2D eigenvalue weighted by atomic mass is 10.0. The zero-order valence-electron chi connectivity index (χ0n) is 21.2.